The van der Waals surface area contributed by atoms with Crippen LogP contribution < -0.4 is 10.6 Å². The first-order valence-electron chi connectivity index (χ1n) is 5.87. The van der Waals surface area contributed by atoms with Crippen molar-refractivity contribution in [2.45, 2.75) is 0 Å². The molecule has 1 aromatic heterocycles. The molecule has 18 heavy (non-hydrogen) atoms. The molecule has 1 aromatic carbocycles. The number of rotatable bonds is 1. The van der Waals surface area contributed by atoms with Gasteiger partial charge in [-0.15, -0.1) is 5.10 Å². The number of fused-ring (bicyclic) bond motifs is 1. The third-order valence-electron chi connectivity index (χ3n) is 3.09. The number of hydrogen-bond donors (Lipinski definition) is 1. The fourth-order valence-electron chi connectivity index (χ4n) is 2.23. The molecule has 2 N–H and O–H groups in total. The number of carbonyl (C=O) groups is 1. The highest BCUT2D eigenvalue weighted by Crippen LogP contribution is 2.26. The summed E-state index contributed by atoms with van der Waals surface area (Å²) in [7, 11) is 0. The van der Waals surface area contributed by atoms with E-state index in [0.717, 1.165) is 29.8 Å². The number of para-hydroxylation sites is 1. The number of hydrogen-bond acceptors (Lipinski definition) is 4. The number of carbonyl (C=O) groups excluding carboxylic acids is 1. The third kappa shape index (κ3) is 1.70. The Morgan fingerprint density at radius 1 is 1.28 bits per heavy atom. The Bertz CT molecular complexity index is 587. The zero-order valence-corrected chi connectivity index (χ0v) is 9.87. The van der Waals surface area contributed by atoms with Crippen LogP contribution in [0.3, 0.4) is 0 Å². The molecule has 0 unspecified atom stereocenters. The molecule has 1 aliphatic heterocycles. The summed E-state index contributed by atoms with van der Waals surface area (Å²) in [5.74, 6) is 0.799. The van der Waals surface area contributed by atoms with Gasteiger partial charge in [-0.25, -0.2) is 4.79 Å². The fraction of sp³-hybridized carbons (Fsp3) is 0.333. The van der Waals surface area contributed by atoms with Gasteiger partial charge in [0.15, 0.2) is 5.82 Å². The van der Waals surface area contributed by atoms with Crippen LogP contribution in [0.1, 0.15) is 0 Å². The van der Waals surface area contributed by atoms with Gasteiger partial charge < -0.3 is 15.4 Å². The van der Waals surface area contributed by atoms with E-state index in [1.807, 2.05) is 24.3 Å². The molecule has 1 aliphatic rings. The van der Waals surface area contributed by atoms with Crippen LogP contribution in [-0.4, -0.2) is 42.1 Å². The van der Waals surface area contributed by atoms with Gasteiger partial charge in [0.05, 0.1) is 18.7 Å². The van der Waals surface area contributed by atoms with E-state index in [1.165, 1.54) is 4.68 Å². The lowest BCUT2D eigenvalue weighted by atomic mass is 10.2. The molecule has 2 heterocycles. The molecule has 2 aromatic rings. The van der Waals surface area contributed by atoms with E-state index in [9.17, 15) is 4.79 Å². The van der Waals surface area contributed by atoms with E-state index in [4.69, 9.17) is 10.5 Å². The normalized spacial score (nSPS) is 16.1. The summed E-state index contributed by atoms with van der Waals surface area (Å²) in [5.41, 5.74) is 6.08. The minimum absolute atomic E-state index is 0.564. The van der Waals surface area contributed by atoms with Crippen LogP contribution in [0.15, 0.2) is 24.3 Å². The Labute approximate surface area is 104 Å². The molecule has 1 saturated heterocycles. The van der Waals surface area contributed by atoms with E-state index in [2.05, 4.69) is 10.00 Å². The van der Waals surface area contributed by atoms with E-state index < -0.39 is 6.03 Å². The number of benzene rings is 1. The van der Waals surface area contributed by atoms with Crippen molar-refractivity contribution in [2.75, 3.05) is 31.2 Å². The maximum absolute atomic E-state index is 11.4. The Balaban J connectivity index is 2.13. The molecule has 94 valence electrons. The van der Waals surface area contributed by atoms with Crippen LogP contribution in [0.5, 0.6) is 0 Å². The molecular weight excluding hydrogens is 232 g/mol. The van der Waals surface area contributed by atoms with Crippen LogP contribution in [0.2, 0.25) is 0 Å². The SMILES string of the molecule is NC(=O)n1nc(N2CCOCC2)c2ccccc21. The summed E-state index contributed by atoms with van der Waals surface area (Å²) < 4.78 is 6.57. The summed E-state index contributed by atoms with van der Waals surface area (Å²) in [6, 6.07) is 7.03. The summed E-state index contributed by atoms with van der Waals surface area (Å²) in [5, 5.41) is 5.27. The van der Waals surface area contributed by atoms with Crippen molar-refractivity contribution in [2.24, 2.45) is 5.73 Å². The number of ether oxygens (including phenoxy) is 1. The van der Waals surface area contributed by atoms with Gasteiger partial charge in [-0.2, -0.15) is 4.68 Å². The van der Waals surface area contributed by atoms with Crippen LogP contribution >= 0.6 is 0 Å². The van der Waals surface area contributed by atoms with Gasteiger partial charge in [-0.3, -0.25) is 0 Å². The van der Waals surface area contributed by atoms with Crippen LogP contribution in [0.4, 0.5) is 10.6 Å². The minimum atomic E-state index is -0.564. The summed E-state index contributed by atoms with van der Waals surface area (Å²) in [6.45, 7) is 2.91. The Hall–Kier alpha value is -2.08. The quantitative estimate of drug-likeness (QED) is 0.807. The zero-order chi connectivity index (χ0) is 12.5. The van der Waals surface area contributed by atoms with Gasteiger partial charge in [-0.05, 0) is 12.1 Å². The van der Waals surface area contributed by atoms with Gasteiger partial charge in [0.1, 0.15) is 0 Å². The molecule has 0 radical (unpaired) electrons. The predicted molar refractivity (Wildman–Crippen MR) is 67.7 cm³/mol. The second kappa shape index (κ2) is 4.30. The number of primary amides is 1. The number of amides is 1. The lowest BCUT2D eigenvalue weighted by Gasteiger charge is -2.26. The smallest absolute Gasteiger partial charge is 0.340 e. The van der Waals surface area contributed by atoms with Crippen LogP contribution in [0.25, 0.3) is 10.9 Å². The topological polar surface area (TPSA) is 73.4 Å². The minimum Gasteiger partial charge on any atom is -0.378 e. The van der Waals surface area contributed by atoms with Gasteiger partial charge >= 0.3 is 6.03 Å². The number of morpholine rings is 1. The fourth-order valence-corrected chi connectivity index (χ4v) is 2.23. The summed E-state index contributed by atoms with van der Waals surface area (Å²) >= 11 is 0. The van der Waals surface area contributed by atoms with Crippen molar-refractivity contribution in [1.29, 1.82) is 0 Å². The Morgan fingerprint density at radius 2 is 2.00 bits per heavy atom. The molecule has 1 fully saturated rings. The van der Waals surface area contributed by atoms with Crippen LogP contribution in [-0.2, 0) is 4.74 Å². The first-order valence-corrected chi connectivity index (χ1v) is 5.87. The predicted octanol–water partition coefficient (Wildman–Crippen LogP) is 0.800. The average Bonchev–Trinajstić information content (AvgIpc) is 2.79. The molecule has 3 rings (SSSR count). The van der Waals surface area contributed by atoms with E-state index in [0.29, 0.717) is 13.2 Å². The molecule has 0 spiro atoms. The maximum atomic E-state index is 11.4. The Kier molecular flexibility index (Phi) is 2.64. The summed E-state index contributed by atoms with van der Waals surface area (Å²) in [6.07, 6.45) is 0. The van der Waals surface area contributed by atoms with Crippen molar-refractivity contribution in [3.8, 4) is 0 Å². The van der Waals surface area contributed by atoms with Gasteiger partial charge in [-0.1, -0.05) is 12.1 Å². The second-order valence-electron chi connectivity index (χ2n) is 4.19. The average molecular weight is 246 g/mol. The first-order chi connectivity index (χ1) is 8.77. The number of nitrogens with two attached hydrogens (primary N) is 1. The summed E-state index contributed by atoms with van der Waals surface area (Å²) in [4.78, 5) is 13.5. The molecule has 0 aliphatic carbocycles. The molecule has 0 bridgehead atoms. The number of nitrogens with zero attached hydrogens (tertiary/aromatic N) is 3. The van der Waals surface area contributed by atoms with Crippen LogP contribution in [0, 0.1) is 0 Å². The lowest BCUT2D eigenvalue weighted by molar-refractivity contribution is 0.122. The molecule has 6 heteroatoms. The van der Waals surface area contributed by atoms with Gasteiger partial charge in [0.2, 0.25) is 0 Å². The molecular formula is C12H14N4O2. The van der Waals surface area contributed by atoms with Gasteiger partial charge in [0.25, 0.3) is 0 Å². The highest BCUT2D eigenvalue weighted by Gasteiger charge is 2.19. The monoisotopic (exact) mass is 246 g/mol. The van der Waals surface area contributed by atoms with Gasteiger partial charge in [0, 0.05) is 18.5 Å². The van der Waals surface area contributed by atoms with Crippen molar-refractivity contribution in [3.63, 3.8) is 0 Å². The van der Waals surface area contributed by atoms with E-state index >= 15 is 0 Å². The molecule has 1 amide bonds. The largest absolute Gasteiger partial charge is 0.378 e. The first kappa shape index (κ1) is 11.0. The van der Waals surface area contributed by atoms with Crippen molar-refractivity contribution in [3.05, 3.63) is 24.3 Å². The van der Waals surface area contributed by atoms with E-state index in [1.54, 1.807) is 0 Å². The standard InChI is InChI=1S/C12H14N4O2/c13-12(17)16-10-4-2-1-3-9(10)11(14-16)15-5-7-18-8-6-15/h1-4H,5-8H2,(H2,13,17). The molecule has 6 nitrogen and oxygen atoms in total. The second-order valence-corrected chi connectivity index (χ2v) is 4.19. The zero-order valence-electron chi connectivity index (χ0n) is 9.87. The highest BCUT2D eigenvalue weighted by molar-refractivity contribution is 5.96. The van der Waals surface area contributed by atoms with Crippen molar-refractivity contribution >= 4 is 22.8 Å². The molecule has 0 saturated carbocycles. The highest BCUT2D eigenvalue weighted by atomic mass is 16.5. The number of aromatic nitrogens is 2. The Morgan fingerprint density at radius 3 is 2.72 bits per heavy atom. The molecule has 0 atom stereocenters. The number of anilines is 1. The maximum Gasteiger partial charge on any atom is 0.340 e. The lowest BCUT2D eigenvalue weighted by Crippen LogP contribution is -2.36. The van der Waals surface area contributed by atoms with Crippen molar-refractivity contribution in [1.82, 2.24) is 9.78 Å². The van der Waals surface area contributed by atoms with Crippen molar-refractivity contribution < 1.29 is 9.53 Å². The third-order valence-corrected chi connectivity index (χ3v) is 3.09. The van der Waals surface area contributed by atoms with E-state index in [-0.39, 0.29) is 0 Å².